The molecule has 2 N–H and O–H groups in total. The second kappa shape index (κ2) is 8.97. The van der Waals surface area contributed by atoms with Gasteiger partial charge in [0.25, 0.3) is 0 Å². The standard InChI is InChI=1S/C22H23FN8/c1-14-6-15(2)8-19(7-14)28-22-26-11-20(23)21(29-22)31-12-17(16(3)30-31)9-25-10-18-4-5-24-13-27-18/h4-8,11-13,25H,9-10H2,1-3H3,(H,26,28,29). The van der Waals surface area contributed by atoms with Crippen molar-refractivity contribution in [3.05, 3.63) is 83.1 Å². The zero-order chi connectivity index (χ0) is 21.8. The Morgan fingerprint density at radius 1 is 1.03 bits per heavy atom. The molecule has 0 amide bonds. The normalized spacial score (nSPS) is 11.0. The monoisotopic (exact) mass is 418 g/mol. The van der Waals surface area contributed by atoms with Crippen LogP contribution in [0.1, 0.15) is 28.1 Å². The van der Waals surface area contributed by atoms with E-state index >= 15 is 0 Å². The second-order valence-electron chi connectivity index (χ2n) is 7.36. The molecule has 3 aromatic heterocycles. The fraction of sp³-hybridized carbons (Fsp3) is 0.227. The van der Waals surface area contributed by atoms with Crippen LogP contribution < -0.4 is 10.6 Å². The van der Waals surface area contributed by atoms with Gasteiger partial charge in [-0.15, -0.1) is 0 Å². The molecule has 0 bridgehead atoms. The van der Waals surface area contributed by atoms with Gasteiger partial charge in [0.05, 0.1) is 17.6 Å². The molecule has 3 heterocycles. The van der Waals surface area contributed by atoms with E-state index in [1.54, 1.807) is 12.4 Å². The SMILES string of the molecule is Cc1cc(C)cc(Nc2ncc(F)c(-n3cc(CNCc4ccncn4)c(C)n3)n2)c1. The summed E-state index contributed by atoms with van der Waals surface area (Å²) in [6, 6.07) is 7.90. The van der Waals surface area contributed by atoms with Gasteiger partial charge >= 0.3 is 0 Å². The van der Waals surface area contributed by atoms with Gasteiger partial charge in [0, 0.05) is 36.7 Å². The highest BCUT2D eigenvalue weighted by molar-refractivity contribution is 5.56. The summed E-state index contributed by atoms with van der Waals surface area (Å²) in [6.45, 7) is 7.07. The summed E-state index contributed by atoms with van der Waals surface area (Å²) in [5.74, 6) is -0.154. The lowest BCUT2D eigenvalue weighted by Gasteiger charge is -2.09. The van der Waals surface area contributed by atoms with Crippen molar-refractivity contribution < 1.29 is 4.39 Å². The first kappa shape index (κ1) is 20.5. The van der Waals surface area contributed by atoms with Gasteiger partial charge in [-0.1, -0.05) is 6.07 Å². The summed E-state index contributed by atoms with van der Waals surface area (Å²) in [7, 11) is 0. The Hall–Kier alpha value is -3.72. The molecule has 158 valence electrons. The van der Waals surface area contributed by atoms with Gasteiger partial charge in [0.1, 0.15) is 6.33 Å². The number of aryl methyl sites for hydroxylation is 3. The van der Waals surface area contributed by atoms with Crippen LogP contribution in [-0.4, -0.2) is 29.7 Å². The predicted molar refractivity (Wildman–Crippen MR) is 116 cm³/mol. The lowest BCUT2D eigenvalue weighted by molar-refractivity contribution is 0.593. The van der Waals surface area contributed by atoms with Gasteiger partial charge in [0.15, 0.2) is 11.6 Å². The lowest BCUT2D eigenvalue weighted by atomic mass is 10.1. The Labute approximate surface area is 179 Å². The third-order valence-corrected chi connectivity index (χ3v) is 4.69. The van der Waals surface area contributed by atoms with E-state index < -0.39 is 5.82 Å². The fourth-order valence-corrected chi connectivity index (χ4v) is 3.28. The van der Waals surface area contributed by atoms with E-state index in [4.69, 9.17) is 0 Å². The van der Waals surface area contributed by atoms with Crippen molar-refractivity contribution >= 4 is 11.6 Å². The van der Waals surface area contributed by atoms with Gasteiger partial charge in [-0.25, -0.2) is 24.0 Å². The average molecular weight is 418 g/mol. The summed E-state index contributed by atoms with van der Waals surface area (Å²) < 4.78 is 15.9. The maximum atomic E-state index is 14.5. The number of aromatic nitrogens is 6. The zero-order valence-corrected chi connectivity index (χ0v) is 17.6. The second-order valence-corrected chi connectivity index (χ2v) is 7.36. The number of halogens is 1. The molecule has 0 aliphatic carbocycles. The molecule has 31 heavy (non-hydrogen) atoms. The fourth-order valence-electron chi connectivity index (χ4n) is 3.28. The van der Waals surface area contributed by atoms with E-state index in [1.165, 1.54) is 11.0 Å². The first-order valence-corrected chi connectivity index (χ1v) is 9.87. The van der Waals surface area contributed by atoms with Gasteiger partial charge in [-0.3, -0.25) is 0 Å². The Morgan fingerprint density at radius 3 is 2.58 bits per heavy atom. The van der Waals surface area contributed by atoms with Crippen molar-refractivity contribution in [3.63, 3.8) is 0 Å². The molecule has 0 radical (unpaired) electrons. The van der Waals surface area contributed by atoms with E-state index in [2.05, 4.69) is 41.7 Å². The van der Waals surface area contributed by atoms with Crippen LogP contribution in [0.25, 0.3) is 5.82 Å². The van der Waals surface area contributed by atoms with Gasteiger partial charge in [0.2, 0.25) is 5.95 Å². The summed E-state index contributed by atoms with van der Waals surface area (Å²) in [4.78, 5) is 16.5. The van der Waals surface area contributed by atoms with Crippen molar-refractivity contribution in [1.82, 2.24) is 35.0 Å². The predicted octanol–water partition coefficient (Wildman–Crippen LogP) is 3.55. The van der Waals surface area contributed by atoms with Crippen LogP contribution in [0.2, 0.25) is 0 Å². The Bertz CT molecular complexity index is 1170. The molecule has 0 saturated carbocycles. The molecule has 0 unspecified atom stereocenters. The summed E-state index contributed by atoms with van der Waals surface area (Å²) in [5.41, 5.74) is 5.71. The Balaban J connectivity index is 1.51. The molecule has 1 aromatic carbocycles. The van der Waals surface area contributed by atoms with Crippen molar-refractivity contribution in [2.75, 3.05) is 5.32 Å². The van der Waals surface area contributed by atoms with E-state index in [0.29, 0.717) is 19.0 Å². The van der Waals surface area contributed by atoms with Crippen LogP contribution in [0.4, 0.5) is 16.0 Å². The van der Waals surface area contributed by atoms with E-state index in [9.17, 15) is 4.39 Å². The molecular formula is C22H23FN8. The van der Waals surface area contributed by atoms with Crippen LogP contribution in [-0.2, 0) is 13.1 Å². The van der Waals surface area contributed by atoms with Crippen molar-refractivity contribution in [1.29, 1.82) is 0 Å². The molecule has 0 aliphatic rings. The average Bonchev–Trinajstić information content (AvgIpc) is 3.10. The summed E-state index contributed by atoms with van der Waals surface area (Å²) in [5, 5.41) is 10.9. The highest BCUT2D eigenvalue weighted by atomic mass is 19.1. The minimum absolute atomic E-state index is 0.0898. The minimum Gasteiger partial charge on any atom is -0.324 e. The molecule has 0 aliphatic heterocycles. The zero-order valence-electron chi connectivity index (χ0n) is 17.6. The van der Waals surface area contributed by atoms with Crippen molar-refractivity contribution in [2.24, 2.45) is 0 Å². The highest BCUT2D eigenvalue weighted by Gasteiger charge is 2.13. The number of rotatable bonds is 7. The number of nitrogens with zero attached hydrogens (tertiary/aromatic N) is 6. The molecule has 0 spiro atoms. The molecule has 0 atom stereocenters. The van der Waals surface area contributed by atoms with Crippen LogP contribution >= 0.6 is 0 Å². The summed E-state index contributed by atoms with van der Waals surface area (Å²) >= 11 is 0. The first-order valence-electron chi connectivity index (χ1n) is 9.87. The largest absolute Gasteiger partial charge is 0.324 e. The van der Waals surface area contributed by atoms with Gasteiger partial charge < -0.3 is 10.6 Å². The third kappa shape index (κ3) is 5.07. The topological polar surface area (TPSA) is 93.4 Å². The number of nitrogens with one attached hydrogen (secondary N) is 2. The molecule has 0 saturated heterocycles. The molecule has 8 nitrogen and oxygen atoms in total. The number of anilines is 2. The maximum Gasteiger partial charge on any atom is 0.229 e. The smallest absolute Gasteiger partial charge is 0.229 e. The van der Waals surface area contributed by atoms with E-state index in [-0.39, 0.29) is 5.82 Å². The lowest BCUT2D eigenvalue weighted by Crippen LogP contribution is -2.14. The Morgan fingerprint density at radius 2 is 1.84 bits per heavy atom. The maximum absolute atomic E-state index is 14.5. The van der Waals surface area contributed by atoms with Crippen LogP contribution in [0, 0.1) is 26.6 Å². The minimum atomic E-state index is -0.547. The molecular weight excluding hydrogens is 395 g/mol. The summed E-state index contributed by atoms with van der Waals surface area (Å²) in [6.07, 6.45) is 6.14. The quantitative estimate of drug-likeness (QED) is 0.474. The van der Waals surface area contributed by atoms with Crippen LogP contribution in [0.15, 0.2) is 49.2 Å². The van der Waals surface area contributed by atoms with Crippen molar-refractivity contribution in [2.45, 2.75) is 33.9 Å². The number of hydrogen-bond acceptors (Lipinski definition) is 7. The van der Waals surface area contributed by atoms with Gasteiger partial charge in [-0.2, -0.15) is 10.1 Å². The highest BCUT2D eigenvalue weighted by Crippen LogP contribution is 2.19. The molecule has 4 aromatic rings. The van der Waals surface area contributed by atoms with Gasteiger partial charge in [-0.05, 0) is 50.1 Å². The third-order valence-electron chi connectivity index (χ3n) is 4.69. The first-order chi connectivity index (χ1) is 15.0. The molecule has 4 rings (SSSR count). The molecule has 9 heteroatoms. The Kier molecular flexibility index (Phi) is 5.94. The van der Waals surface area contributed by atoms with Crippen LogP contribution in [0.5, 0.6) is 0 Å². The number of benzene rings is 1. The molecule has 0 fully saturated rings. The van der Waals surface area contributed by atoms with E-state index in [0.717, 1.165) is 40.0 Å². The number of hydrogen-bond donors (Lipinski definition) is 2. The van der Waals surface area contributed by atoms with E-state index in [1.807, 2.05) is 39.0 Å². The van der Waals surface area contributed by atoms with Crippen LogP contribution in [0.3, 0.4) is 0 Å². The van der Waals surface area contributed by atoms with Crippen molar-refractivity contribution in [3.8, 4) is 5.82 Å².